The lowest BCUT2D eigenvalue weighted by molar-refractivity contribution is -0.142. The van der Waals surface area contributed by atoms with E-state index < -0.39 is 12.1 Å². The summed E-state index contributed by atoms with van der Waals surface area (Å²) in [7, 11) is 0. The molecule has 6 heteroatoms. The molecule has 2 fully saturated rings. The first-order valence-electron chi connectivity index (χ1n) is 8.90. The van der Waals surface area contributed by atoms with E-state index in [1.807, 2.05) is 12.1 Å². The number of carbonyl (C=O) groups excluding carboxylic acids is 2. The molecule has 0 spiro atoms. The zero-order valence-corrected chi connectivity index (χ0v) is 14.1. The maximum Gasteiger partial charge on any atom is 0.248 e. The minimum absolute atomic E-state index is 0.00375. The van der Waals surface area contributed by atoms with E-state index in [4.69, 9.17) is 4.42 Å². The highest BCUT2D eigenvalue weighted by molar-refractivity contribution is 5.90. The van der Waals surface area contributed by atoms with Gasteiger partial charge in [0.1, 0.15) is 11.8 Å². The van der Waals surface area contributed by atoms with E-state index in [0.717, 1.165) is 44.3 Å². The monoisotopic (exact) mass is 334 g/mol. The van der Waals surface area contributed by atoms with Gasteiger partial charge in [-0.15, -0.1) is 0 Å². The molecule has 1 aromatic heterocycles. The number of amides is 2. The van der Waals surface area contributed by atoms with Crippen LogP contribution in [0.2, 0.25) is 0 Å². The normalized spacial score (nSPS) is 24.1. The maximum absolute atomic E-state index is 13.1. The average Bonchev–Trinajstić information content (AvgIpc) is 3.33. The molecule has 3 atom stereocenters. The second kappa shape index (κ2) is 7.38. The molecule has 2 amide bonds. The second-order valence-corrected chi connectivity index (χ2v) is 6.91. The van der Waals surface area contributed by atoms with Crippen LogP contribution in [0.25, 0.3) is 0 Å². The first-order valence-corrected chi connectivity index (χ1v) is 8.90. The van der Waals surface area contributed by atoms with Gasteiger partial charge in [-0.2, -0.15) is 0 Å². The number of rotatable bonds is 5. The Hall–Kier alpha value is -1.82. The van der Waals surface area contributed by atoms with Gasteiger partial charge >= 0.3 is 0 Å². The van der Waals surface area contributed by atoms with Gasteiger partial charge in [-0.25, -0.2) is 0 Å². The standard InChI is InChI=1S/C18H26N2O4/c1-12(21)16(19-17(22)13-8-9-13)18(23)20-10-4-2-3-6-14(20)15-7-5-11-24-15/h5,7,11-14,16,21H,2-4,6,8-10H2,1H3,(H,19,22). The lowest BCUT2D eigenvalue weighted by Crippen LogP contribution is -2.54. The summed E-state index contributed by atoms with van der Waals surface area (Å²) in [5.74, 6) is 0.424. The summed E-state index contributed by atoms with van der Waals surface area (Å²) in [6, 6.07) is 2.68. The van der Waals surface area contributed by atoms with Crippen molar-refractivity contribution >= 4 is 11.8 Å². The van der Waals surface area contributed by atoms with Gasteiger partial charge in [-0.1, -0.05) is 12.8 Å². The third-order valence-electron chi connectivity index (χ3n) is 4.90. The summed E-state index contributed by atoms with van der Waals surface area (Å²) >= 11 is 0. The number of nitrogens with zero attached hydrogens (tertiary/aromatic N) is 1. The fraction of sp³-hybridized carbons (Fsp3) is 0.667. The van der Waals surface area contributed by atoms with Gasteiger partial charge in [0.15, 0.2) is 0 Å². The fourth-order valence-corrected chi connectivity index (χ4v) is 3.33. The highest BCUT2D eigenvalue weighted by Crippen LogP contribution is 2.32. The Labute approximate surface area is 142 Å². The van der Waals surface area contributed by atoms with Crippen LogP contribution in [-0.4, -0.2) is 40.5 Å². The maximum atomic E-state index is 13.1. The minimum atomic E-state index is -0.930. The van der Waals surface area contributed by atoms with Crippen LogP contribution in [0.15, 0.2) is 22.8 Å². The van der Waals surface area contributed by atoms with Crippen LogP contribution in [0.4, 0.5) is 0 Å². The quantitative estimate of drug-likeness (QED) is 0.863. The van der Waals surface area contributed by atoms with Gasteiger partial charge in [-0.3, -0.25) is 9.59 Å². The average molecular weight is 334 g/mol. The number of aliphatic hydroxyl groups excluding tert-OH is 1. The van der Waals surface area contributed by atoms with E-state index >= 15 is 0 Å². The Kier molecular flexibility index (Phi) is 5.23. The molecule has 1 aliphatic heterocycles. The number of aliphatic hydroxyl groups is 1. The summed E-state index contributed by atoms with van der Waals surface area (Å²) in [5.41, 5.74) is 0. The third-order valence-corrected chi connectivity index (χ3v) is 4.90. The van der Waals surface area contributed by atoms with Crippen LogP contribution in [-0.2, 0) is 9.59 Å². The summed E-state index contributed by atoms with van der Waals surface area (Å²) in [6.07, 6.45) is 6.27. The van der Waals surface area contributed by atoms with Crippen LogP contribution < -0.4 is 5.32 Å². The molecule has 1 saturated carbocycles. The van der Waals surface area contributed by atoms with Gasteiger partial charge in [0, 0.05) is 12.5 Å². The Morgan fingerprint density at radius 1 is 1.29 bits per heavy atom. The van der Waals surface area contributed by atoms with Crippen molar-refractivity contribution in [2.75, 3.05) is 6.54 Å². The number of hydrogen-bond donors (Lipinski definition) is 2. The second-order valence-electron chi connectivity index (χ2n) is 6.91. The molecule has 6 nitrogen and oxygen atoms in total. The summed E-state index contributed by atoms with van der Waals surface area (Å²) in [5, 5.41) is 12.8. The van der Waals surface area contributed by atoms with Gasteiger partial charge in [-0.05, 0) is 44.7 Å². The molecule has 2 aliphatic rings. The van der Waals surface area contributed by atoms with E-state index in [2.05, 4.69) is 5.32 Å². The molecule has 1 saturated heterocycles. The van der Waals surface area contributed by atoms with Crippen LogP contribution in [0, 0.1) is 5.92 Å². The lowest BCUT2D eigenvalue weighted by atomic mass is 10.0. The zero-order valence-electron chi connectivity index (χ0n) is 14.1. The van der Waals surface area contributed by atoms with Gasteiger partial charge < -0.3 is 19.7 Å². The van der Waals surface area contributed by atoms with E-state index in [1.54, 1.807) is 18.1 Å². The van der Waals surface area contributed by atoms with E-state index in [0.29, 0.717) is 6.54 Å². The van der Waals surface area contributed by atoms with Crippen molar-refractivity contribution in [1.29, 1.82) is 0 Å². The van der Waals surface area contributed by atoms with Crippen molar-refractivity contribution in [3.63, 3.8) is 0 Å². The number of likely N-dealkylation sites (tertiary alicyclic amines) is 1. The summed E-state index contributed by atoms with van der Waals surface area (Å²) < 4.78 is 5.53. The Morgan fingerprint density at radius 3 is 2.71 bits per heavy atom. The molecule has 0 aromatic carbocycles. The summed E-state index contributed by atoms with van der Waals surface area (Å²) in [4.78, 5) is 26.9. The summed E-state index contributed by atoms with van der Waals surface area (Å²) in [6.45, 7) is 2.17. The molecule has 1 aromatic rings. The molecular formula is C18H26N2O4. The molecular weight excluding hydrogens is 308 g/mol. The largest absolute Gasteiger partial charge is 0.467 e. The molecule has 2 N–H and O–H groups in total. The van der Waals surface area contributed by atoms with Crippen molar-refractivity contribution in [3.05, 3.63) is 24.2 Å². The molecule has 2 heterocycles. The minimum Gasteiger partial charge on any atom is -0.467 e. The first-order chi connectivity index (χ1) is 11.6. The first kappa shape index (κ1) is 17.0. The van der Waals surface area contributed by atoms with Gasteiger partial charge in [0.2, 0.25) is 11.8 Å². The highest BCUT2D eigenvalue weighted by Gasteiger charge is 2.38. The van der Waals surface area contributed by atoms with Crippen molar-refractivity contribution in [3.8, 4) is 0 Å². The van der Waals surface area contributed by atoms with E-state index in [9.17, 15) is 14.7 Å². The van der Waals surface area contributed by atoms with Crippen molar-refractivity contribution in [1.82, 2.24) is 10.2 Å². The molecule has 0 bridgehead atoms. The van der Waals surface area contributed by atoms with Crippen molar-refractivity contribution in [2.24, 2.45) is 5.92 Å². The molecule has 24 heavy (non-hydrogen) atoms. The van der Waals surface area contributed by atoms with Crippen molar-refractivity contribution < 1.29 is 19.1 Å². The predicted molar refractivity (Wildman–Crippen MR) is 88.0 cm³/mol. The highest BCUT2D eigenvalue weighted by atomic mass is 16.3. The number of hydrogen-bond acceptors (Lipinski definition) is 4. The lowest BCUT2D eigenvalue weighted by Gasteiger charge is -2.33. The smallest absolute Gasteiger partial charge is 0.248 e. The molecule has 1 aliphatic carbocycles. The van der Waals surface area contributed by atoms with Crippen LogP contribution in [0.5, 0.6) is 0 Å². The third kappa shape index (κ3) is 3.80. The fourth-order valence-electron chi connectivity index (χ4n) is 3.33. The van der Waals surface area contributed by atoms with Crippen LogP contribution >= 0.6 is 0 Å². The number of furan rings is 1. The molecule has 3 unspecified atom stereocenters. The van der Waals surface area contributed by atoms with Crippen molar-refractivity contribution in [2.45, 2.75) is 63.6 Å². The molecule has 132 valence electrons. The van der Waals surface area contributed by atoms with Gasteiger partial charge in [0.25, 0.3) is 0 Å². The Morgan fingerprint density at radius 2 is 2.08 bits per heavy atom. The predicted octanol–water partition coefficient (Wildman–Crippen LogP) is 2.00. The zero-order chi connectivity index (χ0) is 17.1. The van der Waals surface area contributed by atoms with Crippen LogP contribution in [0.1, 0.15) is 57.3 Å². The van der Waals surface area contributed by atoms with E-state index in [-0.39, 0.29) is 23.8 Å². The SMILES string of the molecule is CC(O)C(NC(=O)C1CC1)C(=O)N1CCCCCC1c1ccco1. The molecule has 3 rings (SSSR count). The molecule has 0 radical (unpaired) electrons. The van der Waals surface area contributed by atoms with Crippen LogP contribution in [0.3, 0.4) is 0 Å². The Balaban J connectivity index is 1.78. The number of carbonyl (C=O) groups is 2. The number of nitrogens with one attached hydrogen (secondary N) is 1. The Bertz CT molecular complexity index is 566. The topological polar surface area (TPSA) is 82.8 Å². The van der Waals surface area contributed by atoms with E-state index in [1.165, 1.54) is 0 Å². The van der Waals surface area contributed by atoms with Gasteiger partial charge in [0.05, 0.1) is 18.4 Å².